The normalized spacial score (nSPS) is 17.4. The standard InChI is InChI=1S/C21H27FN6/c22-18-8-4-5-9-19(18)27-12-14-28(15-13-27)20-16-24-26-21(25-20)23-11-10-17-6-2-1-3-7-17/h4-6,8-9,16H,1-3,7,10-15H2,(H,23,25,26). The highest BCUT2D eigenvalue weighted by molar-refractivity contribution is 5.50. The van der Waals surface area contributed by atoms with Crippen LogP contribution in [0, 0.1) is 5.82 Å². The second-order valence-electron chi connectivity index (χ2n) is 7.35. The maximum atomic E-state index is 14.0. The molecule has 6 nitrogen and oxygen atoms in total. The number of nitrogens with zero attached hydrogens (tertiary/aromatic N) is 5. The summed E-state index contributed by atoms with van der Waals surface area (Å²) in [6.45, 7) is 3.89. The fourth-order valence-electron chi connectivity index (χ4n) is 3.87. The second-order valence-corrected chi connectivity index (χ2v) is 7.35. The van der Waals surface area contributed by atoms with Gasteiger partial charge in [0, 0.05) is 32.7 Å². The van der Waals surface area contributed by atoms with E-state index in [1.165, 1.54) is 37.3 Å². The van der Waals surface area contributed by atoms with Crippen molar-refractivity contribution in [2.75, 3.05) is 47.8 Å². The summed E-state index contributed by atoms with van der Waals surface area (Å²) in [5.74, 6) is 1.23. The molecule has 0 bridgehead atoms. The number of aromatic nitrogens is 3. The molecule has 1 N–H and O–H groups in total. The molecule has 0 amide bonds. The molecule has 1 aromatic heterocycles. The van der Waals surface area contributed by atoms with E-state index in [0.717, 1.165) is 45.0 Å². The lowest BCUT2D eigenvalue weighted by molar-refractivity contribution is 0.595. The quantitative estimate of drug-likeness (QED) is 0.770. The van der Waals surface area contributed by atoms with Gasteiger partial charge in [0.1, 0.15) is 5.82 Å². The Morgan fingerprint density at radius 3 is 2.64 bits per heavy atom. The van der Waals surface area contributed by atoms with Gasteiger partial charge >= 0.3 is 0 Å². The summed E-state index contributed by atoms with van der Waals surface area (Å²) in [5, 5.41) is 11.5. The van der Waals surface area contributed by atoms with Crippen molar-refractivity contribution in [1.29, 1.82) is 0 Å². The van der Waals surface area contributed by atoms with E-state index in [4.69, 9.17) is 0 Å². The Morgan fingerprint density at radius 1 is 1.04 bits per heavy atom. The lowest BCUT2D eigenvalue weighted by Gasteiger charge is -2.36. The van der Waals surface area contributed by atoms with Crippen molar-refractivity contribution >= 4 is 17.5 Å². The van der Waals surface area contributed by atoms with E-state index < -0.39 is 0 Å². The van der Waals surface area contributed by atoms with Crippen molar-refractivity contribution in [1.82, 2.24) is 15.2 Å². The van der Waals surface area contributed by atoms with Crippen molar-refractivity contribution in [3.63, 3.8) is 0 Å². The van der Waals surface area contributed by atoms with Crippen LogP contribution >= 0.6 is 0 Å². The zero-order valence-electron chi connectivity index (χ0n) is 16.1. The number of para-hydroxylation sites is 1. The highest BCUT2D eigenvalue weighted by atomic mass is 19.1. The molecule has 2 aromatic rings. The van der Waals surface area contributed by atoms with Gasteiger partial charge in [0.2, 0.25) is 5.95 Å². The molecule has 1 aliphatic heterocycles. The van der Waals surface area contributed by atoms with Gasteiger partial charge in [0.05, 0.1) is 11.9 Å². The number of anilines is 3. The molecule has 1 aliphatic carbocycles. The van der Waals surface area contributed by atoms with Crippen molar-refractivity contribution in [2.45, 2.75) is 32.1 Å². The predicted octanol–water partition coefficient (Wildman–Crippen LogP) is 3.64. The molecular weight excluding hydrogens is 355 g/mol. The van der Waals surface area contributed by atoms with E-state index in [1.807, 2.05) is 12.1 Å². The van der Waals surface area contributed by atoms with E-state index in [2.05, 4.69) is 36.4 Å². The largest absolute Gasteiger partial charge is 0.366 e. The summed E-state index contributed by atoms with van der Waals surface area (Å²) in [6.07, 6.45) is 10.2. The molecule has 0 spiro atoms. The third-order valence-electron chi connectivity index (χ3n) is 5.46. The molecule has 2 aliphatic rings. The zero-order chi connectivity index (χ0) is 19.2. The van der Waals surface area contributed by atoms with Crippen LogP contribution in [0.3, 0.4) is 0 Å². The number of piperazine rings is 1. The van der Waals surface area contributed by atoms with Crippen LogP contribution in [0.15, 0.2) is 42.1 Å². The highest BCUT2D eigenvalue weighted by Gasteiger charge is 2.20. The fraction of sp³-hybridized carbons (Fsp3) is 0.476. The van der Waals surface area contributed by atoms with E-state index in [1.54, 1.807) is 12.3 Å². The Hall–Kier alpha value is -2.70. The Balaban J connectivity index is 1.31. The molecule has 2 heterocycles. The minimum Gasteiger partial charge on any atom is -0.366 e. The van der Waals surface area contributed by atoms with Crippen LogP contribution in [-0.4, -0.2) is 47.9 Å². The van der Waals surface area contributed by atoms with Gasteiger partial charge in [-0.25, -0.2) is 4.39 Å². The van der Waals surface area contributed by atoms with Crippen molar-refractivity contribution in [2.24, 2.45) is 0 Å². The minimum atomic E-state index is -0.167. The fourth-order valence-corrected chi connectivity index (χ4v) is 3.87. The number of halogens is 1. The molecule has 1 saturated heterocycles. The summed E-state index contributed by atoms with van der Waals surface area (Å²) in [6, 6.07) is 6.94. The van der Waals surface area contributed by atoms with E-state index in [-0.39, 0.29) is 5.82 Å². The molecule has 1 fully saturated rings. The van der Waals surface area contributed by atoms with Gasteiger partial charge in [-0.15, -0.1) is 5.10 Å². The first-order valence-corrected chi connectivity index (χ1v) is 10.2. The molecule has 148 valence electrons. The summed E-state index contributed by atoms with van der Waals surface area (Å²) in [4.78, 5) is 8.89. The number of rotatable bonds is 6. The zero-order valence-corrected chi connectivity index (χ0v) is 16.1. The molecule has 0 atom stereocenters. The minimum absolute atomic E-state index is 0.167. The molecule has 0 radical (unpaired) electrons. The molecule has 0 saturated carbocycles. The van der Waals surface area contributed by atoms with E-state index in [0.29, 0.717) is 11.6 Å². The van der Waals surface area contributed by atoms with Crippen LogP contribution < -0.4 is 15.1 Å². The van der Waals surface area contributed by atoms with Gasteiger partial charge in [-0.05, 0) is 44.2 Å². The molecule has 1 aromatic carbocycles. The third kappa shape index (κ3) is 4.58. The number of nitrogens with one attached hydrogen (secondary N) is 1. The lowest BCUT2D eigenvalue weighted by atomic mass is 9.97. The Bertz CT molecular complexity index is 816. The Morgan fingerprint density at radius 2 is 1.86 bits per heavy atom. The number of hydrogen-bond acceptors (Lipinski definition) is 6. The summed E-state index contributed by atoms with van der Waals surface area (Å²) in [7, 11) is 0. The number of hydrogen-bond donors (Lipinski definition) is 1. The van der Waals surface area contributed by atoms with Crippen molar-refractivity contribution in [3.8, 4) is 0 Å². The average Bonchev–Trinajstić information content (AvgIpc) is 2.75. The van der Waals surface area contributed by atoms with Gasteiger partial charge in [-0.1, -0.05) is 23.8 Å². The lowest BCUT2D eigenvalue weighted by Crippen LogP contribution is -2.47. The van der Waals surface area contributed by atoms with Gasteiger partial charge in [-0.2, -0.15) is 10.1 Å². The van der Waals surface area contributed by atoms with E-state index in [9.17, 15) is 4.39 Å². The van der Waals surface area contributed by atoms with Crippen molar-refractivity contribution < 1.29 is 4.39 Å². The third-order valence-corrected chi connectivity index (χ3v) is 5.46. The average molecular weight is 382 g/mol. The van der Waals surface area contributed by atoms with Crippen LogP contribution in [0.1, 0.15) is 32.1 Å². The first kappa shape index (κ1) is 18.7. The van der Waals surface area contributed by atoms with Crippen LogP contribution in [0.25, 0.3) is 0 Å². The van der Waals surface area contributed by atoms with Gasteiger partial charge < -0.3 is 15.1 Å². The maximum absolute atomic E-state index is 14.0. The summed E-state index contributed by atoms with van der Waals surface area (Å²) >= 11 is 0. The van der Waals surface area contributed by atoms with Crippen LogP contribution in [0.4, 0.5) is 21.8 Å². The van der Waals surface area contributed by atoms with Gasteiger partial charge in [-0.3, -0.25) is 0 Å². The molecule has 0 unspecified atom stereocenters. The van der Waals surface area contributed by atoms with Crippen molar-refractivity contribution in [3.05, 3.63) is 47.9 Å². The topological polar surface area (TPSA) is 57.2 Å². The monoisotopic (exact) mass is 382 g/mol. The van der Waals surface area contributed by atoms with Gasteiger partial charge in [0.15, 0.2) is 5.82 Å². The van der Waals surface area contributed by atoms with Crippen LogP contribution in [-0.2, 0) is 0 Å². The maximum Gasteiger partial charge on any atom is 0.244 e. The number of allylic oxidation sites excluding steroid dienone is 1. The molecule has 4 rings (SSSR count). The smallest absolute Gasteiger partial charge is 0.244 e. The SMILES string of the molecule is Fc1ccccc1N1CCN(c2cnnc(NCCC3=CCCCC3)n2)CC1. The molecule has 7 heteroatoms. The van der Waals surface area contributed by atoms with Crippen LogP contribution in [0.5, 0.6) is 0 Å². The first-order chi connectivity index (χ1) is 13.8. The van der Waals surface area contributed by atoms with E-state index >= 15 is 0 Å². The molecular formula is C21H27FN6. The first-order valence-electron chi connectivity index (χ1n) is 10.2. The second kappa shape index (κ2) is 8.99. The summed E-state index contributed by atoms with van der Waals surface area (Å²) < 4.78 is 14.0. The number of benzene rings is 1. The van der Waals surface area contributed by atoms with Crippen LogP contribution in [0.2, 0.25) is 0 Å². The van der Waals surface area contributed by atoms with Gasteiger partial charge in [0.25, 0.3) is 0 Å². The predicted molar refractivity (Wildman–Crippen MR) is 110 cm³/mol. The Kier molecular flexibility index (Phi) is 5.99. The molecule has 28 heavy (non-hydrogen) atoms. The summed E-state index contributed by atoms with van der Waals surface area (Å²) in [5.41, 5.74) is 2.20. The highest BCUT2D eigenvalue weighted by Crippen LogP contribution is 2.22. The Labute approximate surface area is 165 Å².